The lowest BCUT2D eigenvalue weighted by Crippen LogP contribution is -2.35. The number of nitrogens with one attached hydrogen (secondary N) is 1. The number of ether oxygens (including phenoxy) is 1. The van der Waals surface area contributed by atoms with Crippen LogP contribution < -0.4 is 11.1 Å². The molecule has 0 amide bonds. The van der Waals surface area contributed by atoms with E-state index >= 15 is 0 Å². The molecule has 0 bridgehead atoms. The van der Waals surface area contributed by atoms with Crippen molar-refractivity contribution in [1.82, 2.24) is 10.2 Å². The Morgan fingerprint density at radius 3 is 2.84 bits per heavy atom. The Balaban J connectivity index is 1.90. The van der Waals surface area contributed by atoms with Crippen LogP contribution in [0.3, 0.4) is 0 Å². The predicted octanol–water partition coefficient (Wildman–Crippen LogP) is 0.553. The summed E-state index contributed by atoms with van der Waals surface area (Å²) in [6.07, 6.45) is 0. The SMILES string of the molecule is CN=C(N)NCc1cccc(CN2CCOCC2)c1. The van der Waals surface area contributed by atoms with E-state index in [9.17, 15) is 0 Å². The molecule has 0 aliphatic carbocycles. The van der Waals surface area contributed by atoms with Crippen molar-refractivity contribution in [2.24, 2.45) is 10.7 Å². The molecule has 1 aliphatic heterocycles. The second-order valence-electron chi connectivity index (χ2n) is 4.67. The third-order valence-electron chi connectivity index (χ3n) is 3.22. The molecule has 3 N–H and O–H groups in total. The zero-order valence-corrected chi connectivity index (χ0v) is 11.4. The molecule has 0 aromatic heterocycles. The number of hydrogen-bond donors (Lipinski definition) is 2. The molecule has 5 nitrogen and oxygen atoms in total. The number of nitrogens with two attached hydrogens (primary N) is 1. The predicted molar refractivity (Wildman–Crippen MR) is 76.9 cm³/mol. The van der Waals surface area contributed by atoms with Crippen LogP contribution in [-0.4, -0.2) is 44.2 Å². The first kappa shape index (κ1) is 13.8. The number of rotatable bonds is 4. The highest BCUT2D eigenvalue weighted by atomic mass is 16.5. The zero-order valence-electron chi connectivity index (χ0n) is 11.4. The van der Waals surface area contributed by atoms with E-state index in [-0.39, 0.29) is 0 Å². The van der Waals surface area contributed by atoms with Crippen molar-refractivity contribution >= 4 is 5.96 Å². The third kappa shape index (κ3) is 4.54. The fourth-order valence-electron chi connectivity index (χ4n) is 2.13. The molecule has 0 atom stereocenters. The maximum Gasteiger partial charge on any atom is 0.188 e. The van der Waals surface area contributed by atoms with Gasteiger partial charge in [-0.2, -0.15) is 0 Å². The summed E-state index contributed by atoms with van der Waals surface area (Å²) in [5, 5.41) is 3.07. The van der Waals surface area contributed by atoms with Crippen LogP contribution in [0.15, 0.2) is 29.3 Å². The number of aliphatic imine (C=N–C) groups is 1. The van der Waals surface area contributed by atoms with Crippen molar-refractivity contribution in [2.45, 2.75) is 13.1 Å². The van der Waals surface area contributed by atoms with Gasteiger partial charge < -0.3 is 15.8 Å². The van der Waals surface area contributed by atoms with Gasteiger partial charge in [0.2, 0.25) is 0 Å². The highest BCUT2D eigenvalue weighted by Gasteiger charge is 2.10. The maximum atomic E-state index is 5.63. The van der Waals surface area contributed by atoms with Crippen LogP contribution in [0.1, 0.15) is 11.1 Å². The molecular formula is C14H22N4O. The Morgan fingerprint density at radius 2 is 2.11 bits per heavy atom. The fourth-order valence-corrected chi connectivity index (χ4v) is 2.13. The molecule has 0 radical (unpaired) electrons. The maximum absolute atomic E-state index is 5.63. The van der Waals surface area contributed by atoms with Crippen LogP contribution in [0.4, 0.5) is 0 Å². The van der Waals surface area contributed by atoms with Gasteiger partial charge in [-0.05, 0) is 11.1 Å². The summed E-state index contributed by atoms with van der Waals surface area (Å²) in [6.45, 7) is 5.39. The summed E-state index contributed by atoms with van der Waals surface area (Å²) in [4.78, 5) is 6.30. The topological polar surface area (TPSA) is 62.9 Å². The van der Waals surface area contributed by atoms with E-state index in [0.29, 0.717) is 12.5 Å². The first-order valence-electron chi connectivity index (χ1n) is 6.62. The van der Waals surface area contributed by atoms with E-state index in [4.69, 9.17) is 10.5 Å². The average Bonchev–Trinajstić information content (AvgIpc) is 2.46. The van der Waals surface area contributed by atoms with Crippen LogP contribution in [0, 0.1) is 0 Å². The molecule has 1 saturated heterocycles. The number of nitrogens with zero attached hydrogens (tertiary/aromatic N) is 2. The van der Waals surface area contributed by atoms with Crippen molar-refractivity contribution in [1.29, 1.82) is 0 Å². The van der Waals surface area contributed by atoms with Crippen LogP contribution in [0.25, 0.3) is 0 Å². The number of morpholine rings is 1. The number of guanidine groups is 1. The Kier molecular flexibility index (Phi) is 5.18. The molecule has 104 valence electrons. The Morgan fingerprint density at radius 1 is 1.37 bits per heavy atom. The van der Waals surface area contributed by atoms with E-state index in [1.54, 1.807) is 7.05 Å². The highest BCUT2D eigenvalue weighted by molar-refractivity contribution is 5.77. The minimum absolute atomic E-state index is 0.471. The van der Waals surface area contributed by atoms with Crippen LogP contribution >= 0.6 is 0 Å². The fraction of sp³-hybridized carbons (Fsp3) is 0.500. The minimum Gasteiger partial charge on any atom is -0.379 e. The molecule has 2 rings (SSSR count). The van der Waals surface area contributed by atoms with Crippen molar-refractivity contribution < 1.29 is 4.74 Å². The summed E-state index contributed by atoms with van der Waals surface area (Å²) >= 11 is 0. The molecule has 0 saturated carbocycles. The second kappa shape index (κ2) is 7.11. The standard InChI is InChI=1S/C14H22N4O/c1-16-14(15)17-10-12-3-2-4-13(9-12)11-18-5-7-19-8-6-18/h2-4,9H,5-8,10-11H2,1H3,(H3,15,16,17). The second-order valence-corrected chi connectivity index (χ2v) is 4.67. The quantitative estimate of drug-likeness (QED) is 0.614. The average molecular weight is 262 g/mol. The summed E-state index contributed by atoms with van der Waals surface area (Å²) < 4.78 is 5.36. The van der Waals surface area contributed by atoms with Gasteiger partial charge in [-0.3, -0.25) is 9.89 Å². The Bertz CT molecular complexity index is 427. The lowest BCUT2D eigenvalue weighted by Gasteiger charge is -2.26. The van der Waals surface area contributed by atoms with Gasteiger partial charge in [0, 0.05) is 33.2 Å². The van der Waals surface area contributed by atoms with Crippen LogP contribution in [0.5, 0.6) is 0 Å². The molecule has 1 aromatic carbocycles. The monoisotopic (exact) mass is 262 g/mol. The zero-order chi connectivity index (χ0) is 13.5. The van der Waals surface area contributed by atoms with Crippen LogP contribution in [0.2, 0.25) is 0 Å². The van der Waals surface area contributed by atoms with Crippen LogP contribution in [-0.2, 0) is 17.8 Å². The molecule has 1 aliphatic rings. The lowest BCUT2D eigenvalue weighted by atomic mass is 10.1. The van der Waals surface area contributed by atoms with E-state index in [2.05, 4.69) is 39.5 Å². The van der Waals surface area contributed by atoms with E-state index < -0.39 is 0 Å². The molecule has 19 heavy (non-hydrogen) atoms. The molecule has 1 fully saturated rings. The lowest BCUT2D eigenvalue weighted by molar-refractivity contribution is 0.0342. The van der Waals surface area contributed by atoms with E-state index in [1.165, 1.54) is 11.1 Å². The summed E-state index contributed by atoms with van der Waals surface area (Å²) in [5.41, 5.74) is 8.17. The highest BCUT2D eigenvalue weighted by Crippen LogP contribution is 2.09. The van der Waals surface area contributed by atoms with Gasteiger partial charge in [0.1, 0.15) is 0 Å². The Labute approximate surface area is 114 Å². The molecule has 0 unspecified atom stereocenters. The molecule has 0 spiro atoms. The minimum atomic E-state index is 0.471. The molecule has 5 heteroatoms. The van der Waals surface area contributed by atoms with E-state index in [1.807, 2.05) is 0 Å². The van der Waals surface area contributed by atoms with E-state index in [0.717, 1.165) is 32.8 Å². The first-order valence-corrected chi connectivity index (χ1v) is 6.62. The van der Waals surface area contributed by atoms with Gasteiger partial charge in [0.05, 0.1) is 13.2 Å². The number of hydrogen-bond acceptors (Lipinski definition) is 3. The van der Waals surface area contributed by atoms with Crippen molar-refractivity contribution in [2.75, 3.05) is 33.4 Å². The Hall–Kier alpha value is -1.59. The van der Waals surface area contributed by atoms with Gasteiger partial charge >= 0.3 is 0 Å². The van der Waals surface area contributed by atoms with Gasteiger partial charge in [-0.15, -0.1) is 0 Å². The van der Waals surface area contributed by atoms with Gasteiger partial charge in [-0.25, -0.2) is 0 Å². The molecule has 1 aromatic rings. The van der Waals surface area contributed by atoms with Gasteiger partial charge in [0.15, 0.2) is 5.96 Å². The summed E-state index contributed by atoms with van der Waals surface area (Å²) in [7, 11) is 1.68. The van der Waals surface area contributed by atoms with Crippen molar-refractivity contribution in [3.8, 4) is 0 Å². The smallest absolute Gasteiger partial charge is 0.188 e. The summed E-state index contributed by atoms with van der Waals surface area (Å²) in [6, 6.07) is 8.56. The normalized spacial score (nSPS) is 17.4. The molecule has 1 heterocycles. The summed E-state index contributed by atoms with van der Waals surface area (Å²) in [5.74, 6) is 0.471. The van der Waals surface area contributed by atoms with Crippen molar-refractivity contribution in [3.05, 3.63) is 35.4 Å². The third-order valence-corrected chi connectivity index (χ3v) is 3.22. The molecular weight excluding hydrogens is 240 g/mol. The van der Waals surface area contributed by atoms with Crippen molar-refractivity contribution in [3.63, 3.8) is 0 Å². The van der Waals surface area contributed by atoms with Gasteiger partial charge in [0.25, 0.3) is 0 Å². The number of benzene rings is 1. The first-order chi connectivity index (χ1) is 9.28. The van der Waals surface area contributed by atoms with Gasteiger partial charge in [-0.1, -0.05) is 24.3 Å². The largest absolute Gasteiger partial charge is 0.379 e.